The summed E-state index contributed by atoms with van der Waals surface area (Å²) in [5, 5.41) is 1.95. The Morgan fingerprint density at radius 2 is 2.00 bits per heavy atom. The molecule has 1 heterocycles. The van der Waals surface area contributed by atoms with Gasteiger partial charge >= 0.3 is 0 Å². The maximum atomic E-state index is 11.2. The summed E-state index contributed by atoms with van der Waals surface area (Å²) < 4.78 is 6.60. The maximum Gasteiger partial charge on any atom is 0.248 e. The molecule has 1 N–H and O–H groups in total. The number of hydrogen-bond acceptors (Lipinski definition) is 2. The van der Waals surface area contributed by atoms with Crippen LogP contribution >= 0.6 is 31.9 Å². The zero-order chi connectivity index (χ0) is 13.0. The standard InChI is InChI=1S/C13H13Br2NO2/c14-7-1-2-8-18-11-5-4-10-9(13(11)15)3-6-12(17)16-10/h3-6H,1-2,7-8H2,(H,16,17). The van der Waals surface area contributed by atoms with Gasteiger partial charge in [0.15, 0.2) is 0 Å². The van der Waals surface area contributed by atoms with Gasteiger partial charge in [-0.05, 0) is 47.0 Å². The minimum Gasteiger partial charge on any atom is -0.492 e. The summed E-state index contributed by atoms with van der Waals surface area (Å²) in [6.07, 6.45) is 2.11. The molecule has 0 aliphatic carbocycles. The average Bonchev–Trinajstić information content (AvgIpc) is 2.37. The van der Waals surface area contributed by atoms with Gasteiger partial charge in [-0.1, -0.05) is 15.9 Å². The van der Waals surface area contributed by atoms with E-state index in [4.69, 9.17) is 4.74 Å². The van der Waals surface area contributed by atoms with Gasteiger partial charge in [-0.2, -0.15) is 0 Å². The molecule has 3 nitrogen and oxygen atoms in total. The van der Waals surface area contributed by atoms with Crippen LogP contribution in [0.25, 0.3) is 10.9 Å². The molecule has 0 amide bonds. The number of unbranched alkanes of at least 4 members (excludes halogenated alkanes) is 1. The molecule has 0 saturated heterocycles. The van der Waals surface area contributed by atoms with Gasteiger partial charge in [0.05, 0.1) is 11.1 Å². The summed E-state index contributed by atoms with van der Waals surface area (Å²) >= 11 is 6.91. The Hall–Kier alpha value is -0.810. The molecular formula is C13H13Br2NO2. The number of halogens is 2. The highest BCUT2D eigenvalue weighted by Gasteiger charge is 2.06. The van der Waals surface area contributed by atoms with Crippen LogP contribution in [-0.2, 0) is 0 Å². The van der Waals surface area contributed by atoms with E-state index in [1.807, 2.05) is 12.1 Å². The molecule has 0 atom stereocenters. The van der Waals surface area contributed by atoms with Crippen LogP contribution in [0.1, 0.15) is 12.8 Å². The van der Waals surface area contributed by atoms with Crippen LogP contribution in [0.2, 0.25) is 0 Å². The van der Waals surface area contributed by atoms with Crippen molar-refractivity contribution in [3.8, 4) is 5.75 Å². The van der Waals surface area contributed by atoms with Gasteiger partial charge < -0.3 is 9.72 Å². The Bertz CT molecular complexity index is 595. The smallest absolute Gasteiger partial charge is 0.248 e. The number of pyridine rings is 1. The predicted octanol–water partition coefficient (Wildman–Crippen LogP) is 3.84. The molecule has 0 spiro atoms. The summed E-state index contributed by atoms with van der Waals surface area (Å²) in [7, 11) is 0. The number of nitrogens with one attached hydrogen (secondary N) is 1. The summed E-state index contributed by atoms with van der Waals surface area (Å²) in [5.41, 5.74) is 0.711. The fourth-order valence-corrected chi connectivity index (χ4v) is 2.66. The second kappa shape index (κ2) is 6.38. The Kier molecular flexibility index (Phi) is 4.83. The number of aromatic amines is 1. The van der Waals surface area contributed by atoms with Gasteiger partial charge in [-0.15, -0.1) is 0 Å². The van der Waals surface area contributed by atoms with Crippen molar-refractivity contribution in [2.24, 2.45) is 0 Å². The van der Waals surface area contributed by atoms with Crippen molar-refractivity contribution in [2.45, 2.75) is 12.8 Å². The van der Waals surface area contributed by atoms with Crippen LogP contribution in [-0.4, -0.2) is 16.9 Å². The first-order valence-electron chi connectivity index (χ1n) is 5.72. The normalized spacial score (nSPS) is 10.8. The van der Waals surface area contributed by atoms with E-state index >= 15 is 0 Å². The summed E-state index contributed by atoms with van der Waals surface area (Å²) in [6.45, 7) is 0.694. The van der Waals surface area contributed by atoms with E-state index in [9.17, 15) is 4.79 Å². The number of hydrogen-bond donors (Lipinski definition) is 1. The largest absolute Gasteiger partial charge is 0.492 e. The van der Waals surface area contributed by atoms with Crippen LogP contribution in [0, 0.1) is 0 Å². The van der Waals surface area contributed by atoms with Crippen LogP contribution in [0.4, 0.5) is 0 Å². The Balaban J connectivity index is 2.22. The van der Waals surface area contributed by atoms with Gasteiger partial charge in [0.1, 0.15) is 5.75 Å². The second-order valence-corrected chi connectivity index (χ2v) is 5.49. The summed E-state index contributed by atoms with van der Waals surface area (Å²) in [4.78, 5) is 14.0. The molecule has 0 bridgehead atoms. The van der Waals surface area contributed by atoms with E-state index in [1.165, 1.54) is 6.07 Å². The Morgan fingerprint density at radius 3 is 2.78 bits per heavy atom. The van der Waals surface area contributed by atoms with E-state index in [1.54, 1.807) is 6.07 Å². The molecule has 2 aromatic rings. The van der Waals surface area contributed by atoms with Crippen molar-refractivity contribution < 1.29 is 4.74 Å². The first kappa shape index (κ1) is 13.6. The molecule has 1 aromatic carbocycles. The molecule has 18 heavy (non-hydrogen) atoms. The molecule has 0 radical (unpaired) electrons. The van der Waals surface area contributed by atoms with Crippen molar-refractivity contribution in [3.63, 3.8) is 0 Å². The van der Waals surface area contributed by atoms with Crippen LogP contribution in [0.3, 0.4) is 0 Å². The predicted molar refractivity (Wildman–Crippen MR) is 80.8 cm³/mol. The zero-order valence-corrected chi connectivity index (χ0v) is 12.9. The number of H-pyrrole nitrogens is 1. The van der Waals surface area contributed by atoms with Crippen molar-refractivity contribution >= 4 is 42.8 Å². The third kappa shape index (κ3) is 3.14. The summed E-state index contributed by atoms with van der Waals surface area (Å²) in [5.74, 6) is 0.809. The van der Waals surface area contributed by atoms with E-state index in [0.717, 1.165) is 39.3 Å². The number of alkyl halides is 1. The molecule has 96 valence electrons. The van der Waals surface area contributed by atoms with E-state index in [2.05, 4.69) is 36.8 Å². The second-order valence-electron chi connectivity index (χ2n) is 3.91. The number of ether oxygens (including phenoxy) is 1. The number of aromatic nitrogens is 1. The number of benzene rings is 1. The Labute approximate surface area is 122 Å². The highest BCUT2D eigenvalue weighted by molar-refractivity contribution is 9.10. The lowest BCUT2D eigenvalue weighted by Crippen LogP contribution is -2.03. The quantitative estimate of drug-likeness (QED) is 0.638. The SMILES string of the molecule is O=c1ccc2c(Br)c(OCCCCBr)ccc2[nH]1. The first-order chi connectivity index (χ1) is 8.72. The van der Waals surface area contributed by atoms with Gasteiger partial charge in [-0.3, -0.25) is 4.79 Å². The number of fused-ring (bicyclic) bond motifs is 1. The highest BCUT2D eigenvalue weighted by atomic mass is 79.9. The summed E-state index contributed by atoms with van der Waals surface area (Å²) in [6, 6.07) is 7.04. The topological polar surface area (TPSA) is 42.1 Å². The van der Waals surface area contributed by atoms with Crippen molar-refractivity contribution in [3.05, 3.63) is 39.1 Å². The molecule has 2 rings (SSSR count). The lowest BCUT2D eigenvalue weighted by atomic mass is 10.2. The highest BCUT2D eigenvalue weighted by Crippen LogP contribution is 2.31. The average molecular weight is 375 g/mol. The minimum atomic E-state index is -0.0969. The molecule has 5 heteroatoms. The lowest BCUT2D eigenvalue weighted by Gasteiger charge is -2.09. The molecule has 0 unspecified atom stereocenters. The molecule has 0 aliphatic rings. The lowest BCUT2D eigenvalue weighted by molar-refractivity contribution is 0.308. The minimum absolute atomic E-state index is 0.0969. The molecule has 1 aromatic heterocycles. The first-order valence-corrected chi connectivity index (χ1v) is 7.64. The van der Waals surface area contributed by atoms with Crippen molar-refractivity contribution in [1.82, 2.24) is 4.98 Å². The van der Waals surface area contributed by atoms with E-state index < -0.39 is 0 Å². The fourth-order valence-electron chi connectivity index (χ4n) is 1.67. The molecule has 0 fully saturated rings. The van der Waals surface area contributed by atoms with Gasteiger partial charge in [0, 0.05) is 22.3 Å². The van der Waals surface area contributed by atoms with Crippen LogP contribution < -0.4 is 10.3 Å². The molecule has 0 saturated carbocycles. The van der Waals surface area contributed by atoms with Gasteiger partial charge in [-0.25, -0.2) is 0 Å². The van der Waals surface area contributed by atoms with Crippen LogP contribution in [0.5, 0.6) is 5.75 Å². The van der Waals surface area contributed by atoms with Gasteiger partial charge in [0.2, 0.25) is 5.56 Å². The van der Waals surface area contributed by atoms with E-state index in [0.29, 0.717) is 6.61 Å². The Morgan fingerprint density at radius 1 is 1.17 bits per heavy atom. The van der Waals surface area contributed by atoms with E-state index in [-0.39, 0.29) is 5.56 Å². The molecule has 0 aliphatic heterocycles. The third-order valence-corrected chi connectivity index (χ3v) is 3.97. The van der Waals surface area contributed by atoms with Crippen LogP contribution in [0.15, 0.2) is 33.5 Å². The van der Waals surface area contributed by atoms with Gasteiger partial charge in [0.25, 0.3) is 0 Å². The number of rotatable bonds is 5. The fraction of sp³-hybridized carbons (Fsp3) is 0.308. The molecular weight excluding hydrogens is 362 g/mol. The van der Waals surface area contributed by atoms with Crippen molar-refractivity contribution in [2.75, 3.05) is 11.9 Å². The zero-order valence-electron chi connectivity index (χ0n) is 9.71. The monoisotopic (exact) mass is 373 g/mol. The third-order valence-electron chi connectivity index (χ3n) is 2.59. The maximum absolute atomic E-state index is 11.2. The van der Waals surface area contributed by atoms with Crippen molar-refractivity contribution in [1.29, 1.82) is 0 Å².